The average molecular weight is 615 g/mol. The van der Waals surface area contributed by atoms with Gasteiger partial charge in [-0.3, -0.25) is 9.25 Å². The molecule has 1 aliphatic rings. The van der Waals surface area contributed by atoms with Crippen molar-refractivity contribution in [2.75, 3.05) is 5.32 Å². The minimum atomic E-state index is -1.37. The fourth-order valence-electron chi connectivity index (χ4n) is 3.75. The smallest absolute Gasteiger partial charge is 0.355 e. The summed E-state index contributed by atoms with van der Waals surface area (Å²) < 4.78 is 45.2. The molecule has 2 N–H and O–H groups in total. The summed E-state index contributed by atoms with van der Waals surface area (Å²) in [5.41, 5.74) is -0.564. The second-order valence-corrected chi connectivity index (χ2v) is 11.0. The van der Waals surface area contributed by atoms with Crippen molar-refractivity contribution in [2.45, 2.75) is 17.4 Å². The van der Waals surface area contributed by atoms with E-state index >= 15 is 0 Å². The third kappa shape index (κ3) is 5.13. The van der Waals surface area contributed by atoms with Crippen LogP contribution in [0.5, 0.6) is 0 Å². The van der Waals surface area contributed by atoms with Crippen LogP contribution in [0.15, 0.2) is 51.2 Å². The number of rotatable bonds is 6. The Labute approximate surface area is 224 Å². The lowest BCUT2D eigenvalue weighted by Gasteiger charge is -2.17. The predicted molar refractivity (Wildman–Crippen MR) is 139 cm³/mol. The Morgan fingerprint density at radius 1 is 1.11 bits per heavy atom. The Morgan fingerprint density at radius 2 is 1.86 bits per heavy atom. The largest absolute Gasteiger partial charge is 0.366 e. The van der Waals surface area contributed by atoms with Crippen molar-refractivity contribution in [2.24, 2.45) is 7.05 Å². The molecule has 0 fully saturated rings. The monoisotopic (exact) mass is 613 g/mol. The SMILES string of the molecule is Cn1cc2cc(Nc3nc(=O)n(CC4=CSC(Br)N4)c(=O)n3Cc3cc(F)c(F)cc3F)c(Cl)cc2n1. The van der Waals surface area contributed by atoms with Crippen molar-refractivity contribution in [1.82, 2.24) is 29.2 Å². The highest BCUT2D eigenvalue weighted by atomic mass is 79.9. The molecule has 2 aromatic carbocycles. The quantitative estimate of drug-likeness (QED) is 0.192. The highest BCUT2D eigenvalue weighted by molar-refractivity contribution is 9.11. The second kappa shape index (κ2) is 9.91. The van der Waals surface area contributed by atoms with Gasteiger partial charge in [0.15, 0.2) is 11.6 Å². The van der Waals surface area contributed by atoms with E-state index in [0.717, 1.165) is 9.13 Å². The van der Waals surface area contributed by atoms with Gasteiger partial charge < -0.3 is 10.6 Å². The lowest BCUT2D eigenvalue weighted by molar-refractivity contribution is 0.485. The molecule has 0 aliphatic carbocycles. The Morgan fingerprint density at radius 3 is 2.59 bits per heavy atom. The van der Waals surface area contributed by atoms with E-state index in [1.807, 2.05) is 0 Å². The minimum Gasteiger partial charge on any atom is -0.366 e. The van der Waals surface area contributed by atoms with Crippen LogP contribution in [-0.2, 0) is 20.1 Å². The number of aromatic nitrogens is 5. The van der Waals surface area contributed by atoms with E-state index in [2.05, 4.69) is 36.6 Å². The van der Waals surface area contributed by atoms with E-state index < -0.39 is 35.4 Å². The van der Waals surface area contributed by atoms with E-state index in [4.69, 9.17) is 11.6 Å². The number of hydrogen-bond donors (Lipinski definition) is 2. The molecule has 0 bridgehead atoms. The molecule has 0 spiro atoms. The van der Waals surface area contributed by atoms with Gasteiger partial charge in [-0.2, -0.15) is 10.1 Å². The van der Waals surface area contributed by atoms with Gasteiger partial charge in [0.05, 0.1) is 29.3 Å². The number of nitrogens with one attached hydrogen (secondary N) is 2. The van der Waals surface area contributed by atoms with Gasteiger partial charge in [0, 0.05) is 36.0 Å². The zero-order valence-electron chi connectivity index (χ0n) is 18.8. The summed E-state index contributed by atoms with van der Waals surface area (Å²) in [4.78, 5) is 30.4. The molecule has 9 nitrogen and oxygen atoms in total. The van der Waals surface area contributed by atoms with Gasteiger partial charge in [-0.25, -0.2) is 27.3 Å². The van der Waals surface area contributed by atoms with Gasteiger partial charge >= 0.3 is 11.4 Å². The maximum atomic E-state index is 14.5. The fourth-order valence-corrected chi connectivity index (χ4v) is 5.22. The third-order valence-electron chi connectivity index (χ3n) is 5.48. The van der Waals surface area contributed by atoms with Crippen molar-refractivity contribution in [3.05, 3.63) is 90.6 Å². The van der Waals surface area contributed by atoms with Crippen LogP contribution in [-0.4, -0.2) is 28.2 Å². The van der Waals surface area contributed by atoms with E-state index in [0.29, 0.717) is 34.4 Å². The van der Waals surface area contributed by atoms with Gasteiger partial charge in [-0.15, -0.1) is 0 Å². The summed E-state index contributed by atoms with van der Waals surface area (Å²) in [6.07, 6.45) is 1.74. The zero-order valence-corrected chi connectivity index (χ0v) is 22.0. The minimum absolute atomic E-state index is 0.129. The molecule has 5 rings (SSSR count). The van der Waals surface area contributed by atoms with Crippen LogP contribution in [0.4, 0.5) is 24.8 Å². The lowest BCUT2D eigenvalue weighted by atomic mass is 10.2. The molecule has 1 atom stereocenters. The first-order chi connectivity index (χ1) is 17.6. The van der Waals surface area contributed by atoms with Crippen LogP contribution >= 0.6 is 39.3 Å². The molecule has 37 heavy (non-hydrogen) atoms. The van der Waals surface area contributed by atoms with E-state index in [1.54, 1.807) is 35.5 Å². The first kappa shape index (κ1) is 25.4. The average Bonchev–Trinajstić information content (AvgIpc) is 3.40. The highest BCUT2D eigenvalue weighted by Crippen LogP contribution is 2.29. The van der Waals surface area contributed by atoms with Crippen molar-refractivity contribution < 1.29 is 13.2 Å². The molecule has 1 unspecified atom stereocenters. The van der Waals surface area contributed by atoms with Crippen LogP contribution in [0.25, 0.3) is 10.9 Å². The molecule has 4 aromatic rings. The number of thioether (sulfide) groups is 1. The summed E-state index contributed by atoms with van der Waals surface area (Å²) in [7, 11) is 1.74. The first-order valence-electron chi connectivity index (χ1n) is 10.6. The number of fused-ring (bicyclic) bond motifs is 1. The molecule has 0 amide bonds. The van der Waals surface area contributed by atoms with Gasteiger partial charge in [-0.05, 0) is 23.6 Å². The second-order valence-electron chi connectivity index (χ2n) is 8.09. The first-order valence-corrected chi connectivity index (χ1v) is 12.8. The van der Waals surface area contributed by atoms with Gasteiger partial charge in [0.1, 0.15) is 10.1 Å². The van der Waals surface area contributed by atoms with Crippen LogP contribution in [0, 0.1) is 17.5 Å². The Bertz CT molecular complexity index is 1700. The molecule has 1 aliphatic heterocycles. The van der Waals surface area contributed by atoms with Gasteiger partial charge in [-0.1, -0.05) is 39.3 Å². The highest BCUT2D eigenvalue weighted by Gasteiger charge is 2.21. The van der Waals surface area contributed by atoms with Crippen LogP contribution < -0.4 is 22.0 Å². The predicted octanol–water partition coefficient (Wildman–Crippen LogP) is 4.01. The summed E-state index contributed by atoms with van der Waals surface area (Å²) in [5, 5.41) is 12.8. The molecular weight excluding hydrogens is 599 g/mol. The zero-order chi connectivity index (χ0) is 26.4. The molecule has 0 saturated heterocycles. The number of nitrogens with zero attached hydrogens (tertiary/aromatic N) is 5. The van der Waals surface area contributed by atoms with Crippen molar-refractivity contribution in [3.8, 4) is 0 Å². The lowest BCUT2D eigenvalue weighted by Crippen LogP contribution is -2.44. The third-order valence-corrected chi connectivity index (χ3v) is 7.45. The van der Waals surface area contributed by atoms with E-state index in [9.17, 15) is 22.8 Å². The Balaban J connectivity index is 1.62. The van der Waals surface area contributed by atoms with Crippen molar-refractivity contribution in [1.29, 1.82) is 0 Å². The number of hydrogen-bond acceptors (Lipinski definition) is 7. The van der Waals surface area contributed by atoms with E-state index in [-0.39, 0.29) is 27.4 Å². The summed E-state index contributed by atoms with van der Waals surface area (Å²) in [6, 6.07) is 4.27. The van der Waals surface area contributed by atoms with Crippen LogP contribution in [0.2, 0.25) is 5.02 Å². The summed E-state index contributed by atoms with van der Waals surface area (Å²) in [6.45, 7) is -0.685. The molecule has 0 radical (unpaired) electrons. The van der Waals surface area contributed by atoms with Crippen LogP contribution in [0.1, 0.15) is 5.56 Å². The topological polar surface area (TPSA) is 98.8 Å². The van der Waals surface area contributed by atoms with Crippen molar-refractivity contribution in [3.63, 3.8) is 0 Å². The summed E-state index contributed by atoms with van der Waals surface area (Å²) >= 11 is 11.1. The normalized spacial score (nSPS) is 15.2. The number of alkyl halides is 1. The van der Waals surface area contributed by atoms with Crippen LogP contribution in [0.3, 0.4) is 0 Å². The fraction of sp³-hybridized carbons (Fsp3) is 0.182. The molecule has 0 saturated carbocycles. The summed E-state index contributed by atoms with van der Waals surface area (Å²) in [5.74, 6) is -3.98. The number of allylic oxidation sites excluding steroid dienone is 1. The molecule has 3 heterocycles. The maximum absolute atomic E-state index is 14.5. The number of halogens is 5. The number of aryl methyl sites for hydroxylation is 1. The molecule has 15 heteroatoms. The standard InChI is InChI=1S/C22H16BrClF3N7O2S/c1-32-6-11-3-18(13(24)4-17(11)31-32)29-20-30-21(35)34(8-12-9-37-19(23)28-12)22(36)33(20)7-10-2-15(26)16(27)5-14(10)25/h2-6,9,19,28H,7-8H2,1H3,(H,29,30,35). The molecular formula is C22H16BrClF3N7O2S. The number of anilines is 2. The van der Waals surface area contributed by atoms with E-state index in [1.165, 1.54) is 11.8 Å². The number of benzene rings is 2. The van der Waals surface area contributed by atoms with Gasteiger partial charge in [0.25, 0.3) is 0 Å². The maximum Gasteiger partial charge on any atom is 0.355 e. The Kier molecular flexibility index (Phi) is 6.81. The van der Waals surface area contributed by atoms with Crippen molar-refractivity contribution >= 4 is 61.8 Å². The Hall–Kier alpha value is -3.23. The molecule has 192 valence electrons. The van der Waals surface area contributed by atoms with Gasteiger partial charge in [0.2, 0.25) is 5.95 Å². The molecule has 2 aromatic heterocycles.